The minimum absolute atomic E-state index is 0.300. The zero-order chi connectivity index (χ0) is 13.9. The molecule has 0 spiro atoms. The highest BCUT2D eigenvalue weighted by Gasteiger charge is 2.49. The number of rotatable bonds is 2. The van der Waals surface area contributed by atoms with Gasteiger partial charge in [0.1, 0.15) is 0 Å². The molecule has 0 saturated heterocycles. The molecule has 3 rings (SSSR count). The Balaban J connectivity index is 1.71. The van der Waals surface area contributed by atoms with Crippen LogP contribution in [0.1, 0.15) is 79.1 Å². The lowest BCUT2D eigenvalue weighted by molar-refractivity contribution is -0.102. The van der Waals surface area contributed by atoms with Crippen LogP contribution in [0.15, 0.2) is 0 Å². The minimum Gasteiger partial charge on any atom is -0.390 e. The lowest BCUT2D eigenvalue weighted by Crippen LogP contribution is -2.47. The zero-order valence-electron chi connectivity index (χ0n) is 13.3. The first kappa shape index (κ1) is 13.9. The number of hydrogen-bond donors (Lipinski definition) is 1. The average Bonchev–Trinajstić information content (AvgIpc) is 2.70. The van der Waals surface area contributed by atoms with Crippen LogP contribution < -0.4 is 0 Å². The highest BCUT2D eigenvalue weighted by atomic mass is 16.3. The summed E-state index contributed by atoms with van der Waals surface area (Å²) in [6, 6.07) is 0. The molecule has 0 aliphatic heterocycles. The molecule has 3 saturated carbocycles. The fourth-order valence-corrected chi connectivity index (χ4v) is 6.52. The molecule has 0 amide bonds. The molecule has 19 heavy (non-hydrogen) atoms. The van der Waals surface area contributed by atoms with Crippen molar-refractivity contribution in [2.75, 3.05) is 0 Å². The van der Waals surface area contributed by atoms with Crippen LogP contribution in [0.5, 0.6) is 0 Å². The Kier molecular flexibility index (Phi) is 3.10. The summed E-state index contributed by atoms with van der Waals surface area (Å²) in [5, 5.41) is 11.2. The van der Waals surface area contributed by atoms with Crippen LogP contribution in [0, 0.1) is 28.6 Å². The molecular formula is C18H32O. The molecule has 3 atom stereocenters. The SMILES string of the molecule is CC1(C)CC(C)(C)CC(O)(CC2CC3CCC2C3)C1. The van der Waals surface area contributed by atoms with E-state index in [1.165, 1.54) is 32.1 Å². The van der Waals surface area contributed by atoms with E-state index in [2.05, 4.69) is 27.7 Å². The van der Waals surface area contributed by atoms with Crippen molar-refractivity contribution in [2.24, 2.45) is 28.6 Å². The van der Waals surface area contributed by atoms with Crippen molar-refractivity contribution in [1.82, 2.24) is 0 Å². The van der Waals surface area contributed by atoms with E-state index < -0.39 is 0 Å². The van der Waals surface area contributed by atoms with Gasteiger partial charge in [-0.25, -0.2) is 0 Å². The van der Waals surface area contributed by atoms with Crippen molar-refractivity contribution in [2.45, 2.75) is 84.7 Å². The van der Waals surface area contributed by atoms with Gasteiger partial charge in [-0.2, -0.15) is 0 Å². The highest BCUT2D eigenvalue weighted by Crippen LogP contribution is 2.56. The number of aliphatic hydroxyl groups is 1. The van der Waals surface area contributed by atoms with Crippen molar-refractivity contribution in [3.63, 3.8) is 0 Å². The van der Waals surface area contributed by atoms with Crippen molar-refractivity contribution in [1.29, 1.82) is 0 Å². The van der Waals surface area contributed by atoms with E-state index in [0.29, 0.717) is 10.8 Å². The second kappa shape index (κ2) is 4.23. The number of fused-ring (bicyclic) bond motifs is 2. The molecule has 1 nitrogen and oxygen atoms in total. The average molecular weight is 264 g/mol. The predicted molar refractivity (Wildman–Crippen MR) is 79.9 cm³/mol. The molecule has 1 N–H and O–H groups in total. The van der Waals surface area contributed by atoms with Gasteiger partial charge in [-0.1, -0.05) is 34.1 Å². The van der Waals surface area contributed by atoms with E-state index in [0.717, 1.165) is 37.0 Å². The maximum absolute atomic E-state index is 11.2. The number of hydrogen-bond acceptors (Lipinski definition) is 1. The second-order valence-corrected chi connectivity index (χ2v) is 9.72. The van der Waals surface area contributed by atoms with E-state index in [1.54, 1.807) is 0 Å². The fraction of sp³-hybridized carbons (Fsp3) is 1.00. The topological polar surface area (TPSA) is 20.2 Å². The van der Waals surface area contributed by atoms with E-state index in [1.807, 2.05) is 0 Å². The van der Waals surface area contributed by atoms with E-state index in [4.69, 9.17) is 0 Å². The molecule has 3 unspecified atom stereocenters. The Labute approximate surface area is 119 Å². The standard InChI is InChI=1S/C18H32O/c1-16(2)10-17(3,4)12-18(19,11-16)9-15-8-13-5-6-14(15)7-13/h13-15,19H,5-12H2,1-4H3. The van der Waals surface area contributed by atoms with Crippen molar-refractivity contribution in [3.05, 3.63) is 0 Å². The van der Waals surface area contributed by atoms with E-state index >= 15 is 0 Å². The summed E-state index contributed by atoms with van der Waals surface area (Å²) in [6.45, 7) is 9.39. The molecule has 0 aromatic carbocycles. The molecule has 3 fully saturated rings. The lowest BCUT2D eigenvalue weighted by atomic mass is 9.57. The summed E-state index contributed by atoms with van der Waals surface area (Å²) in [5.41, 5.74) is 0.211. The van der Waals surface area contributed by atoms with Crippen LogP contribution in [-0.2, 0) is 0 Å². The van der Waals surface area contributed by atoms with Crippen LogP contribution in [-0.4, -0.2) is 10.7 Å². The second-order valence-electron chi connectivity index (χ2n) is 9.72. The van der Waals surface area contributed by atoms with Crippen LogP contribution in [0.2, 0.25) is 0 Å². The first-order valence-corrected chi connectivity index (χ1v) is 8.39. The summed E-state index contributed by atoms with van der Waals surface area (Å²) in [7, 11) is 0. The summed E-state index contributed by atoms with van der Waals surface area (Å²) in [5.74, 6) is 2.78. The van der Waals surface area contributed by atoms with Crippen LogP contribution in [0.4, 0.5) is 0 Å². The van der Waals surface area contributed by atoms with Crippen LogP contribution >= 0.6 is 0 Å². The maximum atomic E-state index is 11.2. The van der Waals surface area contributed by atoms with Crippen molar-refractivity contribution >= 4 is 0 Å². The van der Waals surface area contributed by atoms with Gasteiger partial charge in [-0.05, 0) is 73.5 Å². The molecule has 0 aromatic rings. The van der Waals surface area contributed by atoms with Crippen molar-refractivity contribution in [3.8, 4) is 0 Å². The Morgan fingerprint density at radius 2 is 1.53 bits per heavy atom. The van der Waals surface area contributed by atoms with Gasteiger partial charge in [0.25, 0.3) is 0 Å². The first-order chi connectivity index (χ1) is 8.67. The van der Waals surface area contributed by atoms with Gasteiger partial charge in [0.15, 0.2) is 0 Å². The third-order valence-electron chi connectivity index (χ3n) is 6.10. The van der Waals surface area contributed by atoms with E-state index in [9.17, 15) is 5.11 Å². The van der Waals surface area contributed by atoms with Gasteiger partial charge >= 0.3 is 0 Å². The molecule has 3 aliphatic rings. The quantitative estimate of drug-likeness (QED) is 0.761. The molecule has 0 radical (unpaired) electrons. The molecule has 3 aliphatic carbocycles. The van der Waals surface area contributed by atoms with E-state index in [-0.39, 0.29) is 5.60 Å². The van der Waals surface area contributed by atoms with Gasteiger partial charge in [0.05, 0.1) is 5.60 Å². The molecule has 110 valence electrons. The zero-order valence-corrected chi connectivity index (χ0v) is 13.3. The Morgan fingerprint density at radius 1 is 0.895 bits per heavy atom. The monoisotopic (exact) mass is 264 g/mol. The molecule has 2 bridgehead atoms. The molecular weight excluding hydrogens is 232 g/mol. The van der Waals surface area contributed by atoms with Gasteiger partial charge in [0, 0.05) is 0 Å². The Hall–Kier alpha value is -0.0400. The third kappa shape index (κ3) is 2.86. The van der Waals surface area contributed by atoms with Crippen LogP contribution in [0.3, 0.4) is 0 Å². The molecule has 0 heterocycles. The van der Waals surface area contributed by atoms with Crippen LogP contribution in [0.25, 0.3) is 0 Å². The normalized spacial score (nSPS) is 42.5. The predicted octanol–water partition coefficient (Wildman–Crippen LogP) is 4.78. The Morgan fingerprint density at radius 3 is 2.00 bits per heavy atom. The van der Waals surface area contributed by atoms with Gasteiger partial charge < -0.3 is 5.11 Å². The van der Waals surface area contributed by atoms with Gasteiger partial charge in [-0.15, -0.1) is 0 Å². The smallest absolute Gasteiger partial charge is 0.0660 e. The summed E-state index contributed by atoms with van der Waals surface area (Å²) in [4.78, 5) is 0. The summed E-state index contributed by atoms with van der Waals surface area (Å²) in [6.07, 6.45) is 10.1. The molecule has 1 heteroatoms. The lowest BCUT2D eigenvalue weighted by Gasteiger charge is -2.51. The Bertz CT molecular complexity index is 339. The minimum atomic E-state index is -0.388. The molecule has 0 aromatic heterocycles. The third-order valence-corrected chi connectivity index (χ3v) is 6.10. The first-order valence-electron chi connectivity index (χ1n) is 8.39. The highest BCUT2D eigenvalue weighted by molar-refractivity contribution is 5.01. The maximum Gasteiger partial charge on any atom is 0.0660 e. The largest absolute Gasteiger partial charge is 0.390 e. The summed E-state index contributed by atoms with van der Waals surface area (Å²) < 4.78 is 0. The van der Waals surface area contributed by atoms with Crippen molar-refractivity contribution < 1.29 is 5.11 Å². The summed E-state index contributed by atoms with van der Waals surface area (Å²) >= 11 is 0. The van der Waals surface area contributed by atoms with Gasteiger partial charge in [-0.3, -0.25) is 0 Å². The fourth-order valence-electron chi connectivity index (χ4n) is 6.52. The van der Waals surface area contributed by atoms with Gasteiger partial charge in [0.2, 0.25) is 0 Å².